The lowest BCUT2D eigenvalue weighted by Gasteiger charge is -2.15. The number of benzene rings is 2. The third kappa shape index (κ3) is 4.49. The molecule has 1 atom stereocenters. The lowest BCUT2D eigenvalue weighted by molar-refractivity contribution is -0.141. The highest BCUT2D eigenvalue weighted by Crippen LogP contribution is 2.34. The number of esters is 1. The van der Waals surface area contributed by atoms with Crippen LogP contribution >= 0.6 is 23.4 Å². The van der Waals surface area contributed by atoms with E-state index in [-0.39, 0.29) is 18.4 Å². The van der Waals surface area contributed by atoms with E-state index in [0.29, 0.717) is 5.02 Å². The largest absolute Gasteiger partial charge is 0.469 e. The molecule has 2 N–H and O–H groups in total. The predicted molar refractivity (Wildman–Crippen MR) is 85.6 cm³/mol. The standard InChI is InChI=1S/C16H16ClNO2S/c1-20-16(19)10-14(18)13-4-2-3-5-15(13)21-12-8-6-11(17)7-9-12/h2-9,14H,10,18H2,1H3/t14-/m1/s1. The van der Waals surface area contributed by atoms with Crippen molar-refractivity contribution in [1.29, 1.82) is 0 Å². The average molecular weight is 322 g/mol. The number of methoxy groups -OCH3 is 1. The molecule has 0 aliphatic rings. The van der Waals surface area contributed by atoms with Crippen LogP contribution in [0.25, 0.3) is 0 Å². The van der Waals surface area contributed by atoms with Crippen LogP contribution < -0.4 is 5.73 Å². The van der Waals surface area contributed by atoms with Gasteiger partial charge in [-0.2, -0.15) is 0 Å². The smallest absolute Gasteiger partial charge is 0.307 e. The van der Waals surface area contributed by atoms with Gasteiger partial charge >= 0.3 is 5.97 Å². The second-order valence-electron chi connectivity index (χ2n) is 4.48. The summed E-state index contributed by atoms with van der Waals surface area (Å²) in [5.74, 6) is -0.311. The fourth-order valence-corrected chi connectivity index (χ4v) is 3.02. The summed E-state index contributed by atoms with van der Waals surface area (Å²) in [6, 6.07) is 15.0. The van der Waals surface area contributed by atoms with E-state index in [0.717, 1.165) is 15.4 Å². The average Bonchev–Trinajstić information content (AvgIpc) is 2.50. The topological polar surface area (TPSA) is 52.3 Å². The summed E-state index contributed by atoms with van der Waals surface area (Å²) in [5.41, 5.74) is 7.05. The summed E-state index contributed by atoms with van der Waals surface area (Å²) in [6.07, 6.45) is 0.161. The maximum atomic E-state index is 11.4. The Morgan fingerprint density at radius 1 is 1.24 bits per heavy atom. The van der Waals surface area contributed by atoms with Crippen molar-refractivity contribution in [2.24, 2.45) is 5.73 Å². The molecule has 0 aliphatic heterocycles. The number of halogens is 1. The molecule has 0 bridgehead atoms. The highest BCUT2D eigenvalue weighted by atomic mass is 35.5. The zero-order chi connectivity index (χ0) is 15.2. The third-order valence-corrected chi connectivity index (χ3v) is 4.33. The molecule has 3 nitrogen and oxygen atoms in total. The van der Waals surface area contributed by atoms with Crippen LogP contribution in [0.2, 0.25) is 5.02 Å². The van der Waals surface area contributed by atoms with Gasteiger partial charge in [-0.05, 0) is 35.9 Å². The first-order chi connectivity index (χ1) is 10.1. The number of nitrogens with two attached hydrogens (primary N) is 1. The van der Waals surface area contributed by atoms with E-state index in [9.17, 15) is 4.79 Å². The van der Waals surface area contributed by atoms with Gasteiger partial charge in [0.25, 0.3) is 0 Å². The van der Waals surface area contributed by atoms with Gasteiger partial charge in [0.1, 0.15) is 0 Å². The molecule has 0 spiro atoms. The summed E-state index contributed by atoms with van der Waals surface area (Å²) >= 11 is 7.48. The van der Waals surface area contributed by atoms with E-state index in [4.69, 9.17) is 17.3 Å². The van der Waals surface area contributed by atoms with Gasteiger partial charge < -0.3 is 10.5 Å². The molecule has 0 unspecified atom stereocenters. The molecule has 0 heterocycles. The number of hydrogen-bond donors (Lipinski definition) is 1. The molecule has 0 saturated heterocycles. The normalized spacial score (nSPS) is 12.0. The Balaban J connectivity index is 2.20. The quantitative estimate of drug-likeness (QED) is 0.844. The number of carbonyl (C=O) groups is 1. The molecule has 0 aromatic heterocycles. The minimum atomic E-state index is -0.381. The molecular formula is C16H16ClNO2S. The molecule has 2 aromatic carbocycles. The van der Waals surface area contributed by atoms with Gasteiger partial charge in [0.15, 0.2) is 0 Å². The first-order valence-electron chi connectivity index (χ1n) is 6.45. The summed E-state index contributed by atoms with van der Waals surface area (Å²) < 4.78 is 4.67. The maximum absolute atomic E-state index is 11.4. The van der Waals surface area contributed by atoms with Gasteiger partial charge in [0, 0.05) is 20.9 Å². The number of rotatable bonds is 5. The summed E-state index contributed by atoms with van der Waals surface area (Å²) in [4.78, 5) is 13.5. The Kier molecular flexibility index (Phi) is 5.67. The molecule has 0 amide bonds. The minimum absolute atomic E-state index is 0.161. The van der Waals surface area contributed by atoms with Crippen molar-refractivity contribution in [3.8, 4) is 0 Å². The molecule has 0 saturated carbocycles. The zero-order valence-electron chi connectivity index (χ0n) is 11.6. The van der Waals surface area contributed by atoms with Gasteiger partial charge in [-0.15, -0.1) is 0 Å². The van der Waals surface area contributed by atoms with Crippen molar-refractivity contribution >= 4 is 29.3 Å². The van der Waals surface area contributed by atoms with Crippen molar-refractivity contribution in [2.45, 2.75) is 22.3 Å². The van der Waals surface area contributed by atoms with Crippen molar-refractivity contribution in [2.75, 3.05) is 7.11 Å². The first kappa shape index (κ1) is 15.9. The van der Waals surface area contributed by atoms with Gasteiger partial charge in [-0.3, -0.25) is 4.79 Å². The van der Waals surface area contributed by atoms with Crippen LogP contribution in [0.15, 0.2) is 58.3 Å². The molecule has 5 heteroatoms. The molecule has 2 rings (SSSR count). The Labute approximate surface area is 133 Å². The lowest BCUT2D eigenvalue weighted by Crippen LogP contribution is -2.17. The second kappa shape index (κ2) is 7.50. The third-order valence-electron chi connectivity index (χ3n) is 2.97. The van der Waals surface area contributed by atoms with Crippen molar-refractivity contribution in [1.82, 2.24) is 0 Å². The molecular weight excluding hydrogens is 306 g/mol. The molecule has 0 fully saturated rings. The molecule has 21 heavy (non-hydrogen) atoms. The van der Waals surface area contributed by atoms with Crippen molar-refractivity contribution < 1.29 is 9.53 Å². The lowest BCUT2D eigenvalue weighted by atomic mass is 10.1. The van der Waals surface area contributed by atoms with E-state index in [1.54, 1.807) is 11.8 Å². The van der Waals surface area contributed by atoms with Crippen molar-refractivity contribution in [3.05, 3.63) is 59.1 Å². The van der Waals surface area contributed by atoms with Crippen LogP contribution in [0.3, 0.4) is 0 Å². The Hall–Kier alpha value is -1.49. The summed E-state index contributed by atoms with van der Waals surface area (Å²) in [7, 11) is 1.36. The summed E-state index contributed by atoms with van der Waals surface area (Å²) in [5, 5.41) is 0.704. The Morgan fingerprint density at radius 3 is 2.57 bits per heavy atom. The minimum Gasteiger partial charge on any atom is -0.469 e. The molecule has 0 aliphatic carbocycles. The van der Waals surface area contributed by atoms with E-state index < -0.39 is 0 Å². The monoisotopic (exact) mass is 321 g/mol. The van der Waals surface area contributed by atoms with Crippen LogP contribution in [-0.2, 0) is 9.53 Å². The van der Waals surface area contributed by atoms with Crippen LogP contribution in [0.1, 0.15) is 18.0 Å². The molecule has 110 valence electrons. The van der Waals surface area contributed by atoms with E-state index in [1.807, 2.05) is 48.5 Å². The SMILES string of the molecule is COC(=O)C[C@@H](N)c1ccccc1Sc1ccc(Cl)cc1. The van der Waals surface area contributed by atoms with Crippen LogP contribution in [0.4, 0.5) is 0 Å². The highest BCUT2D eigenvalue weighted by molar-refractivity contribution is 7.99. The number of ether oxygens (including phenoxy) is 1. The maximum Gasteiger partial charge on any atom is 0.307 e. The zero-order valence-corrected chi connectivity index (χ0v) is 13.2. The molecule has 0 radical (unpaired) electrons. The predicted octanol–water partition coefficient (Wildman–Crippen LogP) is 4.05. The van der Waals surface area contributed by atoms with Crippen LogP contribution in [0.5, 0.6) is 0 Å². The van der Waals surface area contributed by atoms with Crippen molar-refractivity contribution in [3.63, 3.8) is 0 Å². The highest BCUT2D eigenvalue weighted by Gasteiger charge is 2.15. The van der Waals surface area contributed by atoms with Crippen LogP contribution in [-0.4, -0.2) is 13.1 Å². The Morgan fingerprint density at radius 2 is 1.90 bits per heavy atom. The fraction of sp³-hybridized carbons (Fsp3) is 0.188. The van der Waals surface area contributed by atoms with Gasteiger partial charge in [0.05, 0.1) is 13.5 Å². The van der Waals surface area contributed by atoms with Crippen LogP contribution in [0, 0.1) is 0 Å². The van der Waals surface area contributed by atoms with Gasteiger partial charge in [-0.25, -0.2) is 0 Å². The fourth-order valence-electron chi connectivity index (χ4n) is 1.88. The van der Waals surface area contributed by atoms with Gasteiger partial charge in [-0.1, -0.05) is 41.6 Å². The second-order valence-corrected chi connectivity index (χ2v) is 6.03. The Bertz CT molecular complexity index is 616. The number of carbonyl (C=O) groups excluding carboxylic acids is 1. The van der Waals surface area contributed by atoms with E-state index in [2.05, 4.69) is 4.74 Å². The van der Waals surface area contributed by atoms with Gasteiger partial charge in [0.2, 0.25) is 0 Å². The van der Waals surface area contributed by atoms with E-state index >= 15 is 0 Å². The molecule has 2 aromatic rings. The summed E-state index contributed by atoms with van der Waals surface area (Å²) in [6.45, 7) is 0. The van der Waals surface area contributed by atoms with E-state index in [1.165, 1.54) is 7.11 Å². The number of hydrogen-bond acceptors (Lipinski definition) is 4. The first-order valence-corrected chi connectivity index (χ1v) is 7.64.